The Kier molecular flexibility index (Phi) is 4.24. The van der Waals surface area contributed by atoms with Crippen molar-refractivity contribution in [3.05, 3.63) is 70.4 Å². The Balaban J connectivity index is 1.54. The molecule has 0 spiro atoms. The van der Waals surface area contributed by atoms with E-state index in [0.717, 1.165) is 19.4 Å². The van der Waals surface area contributed by atoms with E-state index >= 15 is 0 Å². The molecule has 1 aliphatic carbocycles. The van der Waals surface area contributed by atoms with E-state index < -0.39 is 5.97 Å². The predicted octanol–water partition coefficient (Wildman–Crippen LogP) is 5.39. The van der Waals surface area contributed by atoms with Crippen molar-refractivity contribution in [3.8, 4) is 0 Å². The number of benzene rings is 2. The number of nitrogens with zero attached hydrogens (tertiary/aromatic N) is 1. The molecule has 1 aliphatic heterocycles. The molecule has 5 rings (SSSR count). The van der Waals surface area contributed by atoms with E-state index in [1.807, 2.05) is 12.1 Å². The van der Waals surface area contributed by atoms with Crippen LogP contribution in [0.5, 0.6) is 0 Å². The van der Waals surface area contributed by atoms with Crippen LogP contribution in [0.1, 0.15) is 70.4 Å². The number of hydrogen-bond acceptors (Lipinski definition) is 2. The van der Waals surface area contributed by atoms with Crippen molar-refractivity contribution in [2.45, 2.75) is 51.1 Å². The van der Waals surface area contributed by atoms with E-state index in [-0.39, 0.29) is 0 Å². The molecule has 0 radical (unpaired) electrons. The monoisotopic (exact) mass is 374 g/mol. The first-order valence-corrected chi connectivity index (χ1v) is 10.3. The summed E-state index contributed by atoms with van der Waals surface area (Å²) in [5, 5.41) is 10.6. The average molecular weight is 374 g/mol. The van der Waals surface area contributed by atoms with Gasteiger partial charge in [-0.15, -0.1) is 0 Å². The molecule has 28 heavy (non-hydrogen) atoms. The van der Waals surface area contributed by atoms with Crippen LogP contribution in [0.3, 0.4) is 0 Å². The lowest BCUT2D eigenvalue weighted by molar-refractivity contribution is 0.0696. The molecule has 1 saturated heterocycles. The number of carboxylic acid groups (broad SMARTS) is 1. The van der Waals surface area contributed by atoms with E-state index in [9.17, 15) is 9.90 Å². The minimum absolute atomic E-state index is 0.363. The lowest BCUT2D eigenvalue weighted by Crippen LogP contribution is -2.36. The summed E-state index contributed by atoms with van der Waals surface area (Å²) in [6.45, 7) is 3.30. The SMILES string of the molecule is Cc1cc2c(c3cc[nH]c13)C(N1CCCC[C@H]1c1ccc(C(=O)O)cc1)CC2. The second-order valence-electron chi connectivity index (χ2n) is 8.26. The number of carboxylic acids is 1. The van der Waals surface area contributed by atoms with Gasteiger partial charge in [-0.25, -0.2) is 4.79 Å². The van der Waals surface area contributed by atoms with Gasteiger partial charge in [0.2, 0.25) is 0 Å². The molecular formula is C24H26N2O2. The molecule has 1 aromatic heterocycles. The third kappa shape index (κ3) is 2.75. The van der Waals surface area contributed by atoms with Crippen molar-refractivity contribution < 1.29 is 9.90 Å². The highest BCUT2D eigenvalue weighted by Crippen LogP contribution is 2.46. The number of aryl methyl sites for hydroxylation is 2. The fraction of sp³-hybridized carbons (Fsp3) is 0.375. The zero-order valence-corrected chi connectivity index (χ0v) is 16.2. The summed E-state index contributed by atoms with van der Waals surface area (Å²) >= 11 is 0. The number of aromatic carboxylic acids is 1. The van der Waals surface area contributed by atoms with Crippen LogP contribution in [-0.4, -0.2) is 27.5 Å². The van der Waals surface area contributed by atoms with Crippen LogP contribution in [0.15, 0.2) is 42.6 Å². The van der Waals surface area contributed by atoms with Crippen LogP contribution < -0.4 is 0 Å². The number of nitrogens with one attached hydrogen (secondary N) is 1. The summed E-state index contributed by atoms with van der Waals surface area (Å²) in [5.41, 5.74) is 7.22. The van der Waals surface area contributed by atoms with Crippen LogP contribution in [0.25, 0.3) is 10.9 Å². The minimum atomic E-state index is -0.859. The second kappa shape index (κ2) is 6.78. The van der Waals surface area contributed by atoms with Crippen LogP contribution in [-0.2, 0) is 6.42 Å². The Morgan fingerprint density at radius 3 is 2.71 bits per heavy atom. The van der Waals surface area contributed by atoms with E-state index in [1.165, 1.54) is 52.4 Å². The lowest BCUT2D eigenvalue weighted by Gasteiger charge is -2.41. The van der Waals surface area contributed by atoms with E-state index in [0.29, 0.717) is 17.6 Å². The zero-order chi connectivity index (χ0) is 19.3. The maximum atomic E-state index is 11.2. The smallest absolute Gasteiger partial charge is 0.335 e. The third-order valence-corrected chi connectivity index (χ3v) is 6.68. The molecule has 144 valence electrons. The van der Waals surface area contributed by atoms with Gasteiger partial charge >= 0.3 is 5.97 Å². The molecule has 2 atom stereocenters. The Hall–Kier alpha value is -2.59. The number of piperidine rings is 1. The van der Waals surface area contributed by atoms with E-state index in [4.69, 9.17) is 0 Å². The fourth-order valence-corrected chi connectivity index (χ4v) is 5.41. The van der Waals surface area contributed by atoms with E-state index in [1.54, 1.807) is 12.1 Å². The largest absolute Gasteiger partial charge is 0.478 e. The summed E-state index contributed by atoms with van der Waals surface area (Å²) in [6.07, 6.45) is 7.98. The highest BCUT2D eigenvalue weighted by molar-refractivity contribution is 5.88. The molecule has 2 aliphatic rings. The van der Waals surface area contributed by atoms with Gasteiger partial charge in [0.1, 0.15) is 0 Å². The summed E-state index contributed by atoms with van der Waals surface area (Å²) in [5.74, 6) is -0.859. The van der Waals surface area contributed by atoms with Crippen LogP contribution >= 0.6 is 0 Å². The molecule has 0 saturated carbocycles. The van der Waals surface area contributed by atoms with Crippen molar-refractivity contribution >= 4 is 16.9 Å². The van der Waals surface area contributed by atoms with Crippen LogP contribution in [0.4, 0.5) is 0 Å². The van der Waals surface area contributed by atoms with Crippen molar-refractivity contribution in [3.63, 3.8) is 0 Å². The van der Waals surface area contributed by atoms with Gasteiger partial charge in [0, 0.05) is 29.2 Å². The molecule has 2 N–H and O–H groups in total. The first-order valence-electron chi connectivity index (χ1n) is 10.3. The summed E-state index contributed by atoms with van der Waals surface area (Å²) in [4.78, 5) is 17.3. The molecule has 0 amide bonds. The van der Waals surface area contributed by atoms with Crippen molar-refractivity contribution in [2.75, 3.05) is 6.54 Å². The number of fused-ring (bicyclic) bond motifs is 3. The average Bonchev–Trinajstić information content (AvgIpc) is 3.35. The first-order chi connectivity index (χ1) is 13.6. The van der Waals surface area contributed by atoms with Gasteiger partial charge in [-0.05, 0) is 79.6 Å². The van der Waals surface area contributed by atoms with Gasteiger partial charge in [-0.3, -0.25) is 4.90 Å². The maximum absolute atomic E-state index is 11.2. The third-order valence-electron chi connectivity index (χ3n) is 6.68. The van der Waals surface area contributed by atoms with Crippen LogP contribution in [0.2, 0.25) is 0 Å². The Labute approximate surface area is 165 Å². The Morgan fingerprint density at radius 1 is 1.11 bits per heavy atom. The molecule has 3 aromatic rings. The minimum Gasteiger partial charge on any atom is -0.478 e. The predicted molar refractivity (Wildman–Crippen MR) is 111 cm³/mol. The van der Waals surface area contributed by atoms with Gasteiger partial charge in [-0.2, -0.15) is 0 Å². The molecule has 1 fully saturated rings. The molecule has 2 heterocycles. The molecule has 0 bridgehead atoms. The van der Waals surface area contributed by atoms with Gasteiger partial charge in [0.15, 0.2) is 0 Å². The number of carbonyl (C=O) groups is 1. The highest BCUT2D eigenvalue weighted by Gasteiger charge is 2.36. The number of aromatic nitrogens is 1. The van der Waals surface area contributed by atoms with Crippen molar-refractivity contribution in [1.29, 1.82) is 0 Å². The zero-order valence-electron chi connectivity index (χ0n) is 16.2. The van der Waals surface area contributed by atoms with Gasteiger partial charge in [0.25, 0.3) is 0 Å². The quantitative estimate of drug-likeness (QED) is 0.646. The summed E-state index contributed by atoms with van der Waals surface area (Å²) < 4.78 is 0. The highest BCUT2D eigenvalue weighted by atomic mass is 16.4. The molecule has 4 heteroatoms. The second-order valence-corrected chi connectivity index (χ2v) is 8.26. The van der Waals surface area contributed by atoms with Crippen molar-refractivity contribution in [2.24, 2.45) is 0 Å². The summed E-state index contributed by atoms with van der Waals surface area (Å²) in [6, 6.07) is 12.9. The molecular weight excluding hydrogens is 348 g/mol. The van der Waals surface area contributed by atoms with Gasteiger partial charge in [-0.1, -0.05) is 24.6 Å². The number of H-pyrrole nitrogens is 1. The fourth-order valence-electron chi connectivity index (χ4n) is 5.41. The number of rotatable bonds is 3. The standard InChI is InChI=1S/C24H26N2O2/c1-15-14-18-9-10-21(22(18)19-11-12-25-23(15)19)26-13-3-2-4-20(26)16-5-7-17(8-6-16)24(27)28/h5-8,11-12,14,20-21,25H,2-4,9-10,13H2,1H3,(H,27,28)/t20-,21?/m0/s1. The van der Waals surface area contributed by atoms with Crippen LogP contribution in [0, 0.1) is 6.92 Å². The van der Waals surface area contributed by atoms with E-state index in [2.05, 4.69) is 35.1 Å². The molecule has 4 nitrogen and oxygen atoms in total. The molecule has 1 unspecified atom stereocenters. The first kappa shape index (κ1) is 17.5. The normalized spacial score (nSPS) is 22.5. The Morgan fingerprint density at radius 2 is 1.93 bits per heavy atom. The lowest BCUT2D eigenvalue weighted by atomic mass is 9.90. The number of likely N-dealkylation sites (tertiary alicyclic amines) is 1. The summed E-state index contributed by atoms with van der Waals surface area (Å²) in [7, 11) is 0. The number of hydrogen-bond donors (Lipinski definition) is 2. The number of aromatic amines is 1. The topological polar surface area (TPSA) is 56.3 Å². The molecule has 2 aromatic carbocycles. The van der Waals surface area contributed by atoms with Crippen molar-refractivity contribution in [1.82, 2.24) is 9.88 Å². The van der Waals surface area contributed by atoms with Gasteiger partial charge in [0.05, 0.1) is 5.56 Å². The van der Waals surface area contributed by atoms with Gasteiger partial charge < -0.3 is 10.1 Å². The Bertz CT molecular complexity index is 1030. The maximum Gasteiger partial charge on any atom is 0.335 e.